The maximum absolute atomic E-state index is 14.4. The van der Waals surface area contributed by atoms with E-state index in [1.165, 1.54) is 0 Å². The zero-order chi connectivity index (χ0) is 30.3. The fourth-order valence-corrected chi connectivity index (χ4v) is 7.39. The molecule has 0 aliphatic rings. The smallest absolute Gasteiger partial charge is 0.316 e. The van der Waals surface area contributed by atoms with Gasteiger partial charge in [0.1, 0.15) is 11.1 Å². The summed E-state index contributed by atoms with van der Waals surface area (Å²) in [5, 5.41) is 6.81. The van der Waals surface area contributed by atoms with Crippen LogP contribution >= 0.6 is 0 Å². The molecule has 0 fully saturated rings. The van der Waals surface area contributed by atoms with Crippen LogP contribution < -0.4 is 10.6 Å². The Bertz CT molecular complexity index is 1450. The average Bonchev–Trinajstić information content (AvgIpc) is 3.04. The number of nitrogens with one attached hydrogen (secondary N) is 2. The number of benzene rings is 5. The lowest BCUT2D eigenvalue weighted by molar-refractivity contribution is 0.0663. The minimum atomic E-state index is -2.15. The standard InChI is InChI=1S/C38H40N2O2Si/c1-30(38(42-43(2,3)4,34-26-16-8-17-27-34)35-28-18-9-19-29-35)39-36(41)40-37(31-20-10-5-11-21-31,32-22-12-6-13-23-32)33-24-14-7-15-25-33/h5-30H,1-4H3,(H2,39,40,41)/t30-/m0/s1. The van der Waals surface area contributed by atoms with Gasteiger partial charge in [0.15, 0.2) is 8.32 Å². The molecule has 218 valence electrons. The summed E-state index contributed by atoms with van der Waals surface area (Å²) in [6.07, 6.45) is 0. The van der Waals surface area contributed by atoms with E-state index in [4.69, 9.17) is 4.43 Å². The number of urea groups is 1. The Morgan fingerprint density at radius 3 is 1.16 bits per heavy atom. The number of hydrogen-bond donors (Lipinski definition) is 2. The lowest BCUT2D eigenvalue weighted by Gasteiger charge is -2.45. The summed E-state index contributed by atoms with van der Waals surface area (Å²) in [6.45, 7) is 8.60. The van der Waals surface area contributed by atoms with Crippen LogP contribution in [0.25, 0.3) is 0 Å². The first-order valence-electron chi connectivity index (χ1n) is 14.8. The summed E-state index contributed by atoms with van der Waals surface area (Å²) >= 11 is 0. The van der Waals surface area contributed by atoms with Gasteiger partial charge in [0, 0.05) is 0 Å². The van der Waals surface area contributed by atoms with Gasteiger partial charge in [-0.05, 0) is 54.4 Å². The predicted molar refractivity (Wildman–Crippen MR) is 178 cm³/mol. The van der Waals surface area contributed by atoms with Gasteiger partial charge in [-0.3, -0.25) is 0 Å². The van der Waals surface area contributed by atoms with Crippen molar-refractivity contribution in [3.63, 3.8) is 0 Å². The second kappa shape index (κ2) is 12.8. The van der Waals surface area contributed by atoms with E-state index in [-0.39, 0.29) is 6.03 Å². The molecule has 1 atom stereocenters. The molecule has 5 rings (SSSR count). The molecule has 0 saturated carbocycles. The van der Waals surface area contributed by atoms with Crippen molar-refractivity contribution in [3.8, 4) is 0 Å². The number of amides is 2. The molecule has 0 aliphatic carbocycles. The topological polar surface area (TPSA) is 50.4 Å². The van der Waals surface area contributed by atoms with Crippen molar-refractivity contribution in [2.75, 3.05) is 0 Å². The molecule has 0 spiro atoms. The van der Waals surface area contributed by atoms with Gasteiger partial charge in [0.2, 0.25) is 0 Å². The van der Waals surface area contributed by atoms with Crippen LogP contribution in [0, 0.1) is 0 Å². The van der Waals surface area contributed by atoms with E-state index in [1.54, 1.807) is 0 Å². The van der Waals surface area contributed by atoms with E-state index in [0.29, 0.717) is 0 Å². The molecule has 5 aromatic carbocycles. The molecule has 0 radical (unpaired) electrons. The Balaban J connectivity index is 1.62. The van der Waals surface area contributed by atoms with Crippen LogP contribution in [-0.4, -0.2) is 20.4 Å². The summed E-state index contributed by atoms with van der Waals surface area (Å²) in [7, 11) is -2.15. The minimum Gasteiger partial charge on any atom is -0.402 e. The van der Waals surface area contributed by atoms with E-state index in [2.05, 4.69) is 90.9 Å². The highest BCUT2D eigenvalue weighted by Gasteiger charge is 2.46. The molecular formula is C38H40N2O2Si. The summed E-state index contributed by atoms with van der Waals surface area (Å²) in [5.74, 6) is 0. The first-order valence-corrected chi connectivity index (χ1v) is 18.2. The van der Waals surface area contributed by atoms with Crippen LogP contribution in [0.1, 0.15) is 34.7 Å². The van der Waals surface area contributed by atoms with E-state index < -0.39 is 25.5 Å². The van der Waals surface area contributed by atoms with Gasteiger partial charge in [-0.2, -0.15) is 0 Å². The third kappa shape index (κ3) is 6.33. The zero-order valence-electron chi connectivity index (χ0n) is 25.3. The van der Waals surface area contributed by atoms with Crippen LogP contribution in [0.4, 0.5) is 4.79 Å². The van der Waals surface area contributed by atoms with Crippen LogP contribution in [0.2, 0.25) is 19.6 Å². The normalized spacial score (nSPS) is 12.7. The summed E-state index contributed by atoms with van der Waals surface area (Å²) in [5.41, 5.74) is 3.05. The largest absolute Gasteiger partial charge is 0.402 e. The summed E-state index contributed by atoms with van der Waals surface area (Å²) in [6, 6.07) is 50.2. The third-order valence-corrected chi connectivity index (χ3v) is 8.69. The Hall–Kier alpha value is -4.45. The van der Waals surface area contributed by atoms with Crippen LogP contribution in [0.5, 0.6) is 0 Å². The van der Waals surface area contributed by atoms with Crippen molar-refractivity contribution in [1.29, 1.82) is 0 Å². The summed E-state index contributed by atoms with van der Waals surface area (Å²) < 4.78 is 7.14. The van der Waals surface area contributed by atoms with Crippen LogP contribution in [0.15, 0.2) is 152 Å². The molecule has 0 aliphatic heterocycles. The number of hydrogen-bond acceptors (Lipinski definition) is 2. The van der Waals surface area contributed by atoms with Crippen molar-refractivity contribution in [2.45, 2.75) is 43.7 Å². The molecule has 0 heterocycles. The predicted octanol–water partition coefficient (Wildman–Crippen LogP) is 8.46. The maximum Gasteiger partial charge on any atom is 0.316 e. The van der Waals surface area contributed by atoms with Gasteiger partial charge in [-0.25, -0.2) is 4.79 Å². The molecule has 5 heteroatoms. The van der Waals surface area contributed by atoms with Crippen molar-refractivity contribution in [1.82, 2.24) is 10.6 Å². The number of carbonyl (C=O) groups is 1. The Labute approximate surface area is 256 Å². The monoisotopic (exact) mass is 584 g/mol. The minimum absolute atomic E-state index is 0.292. The van der Waals surface area contributed by atoms with E-state index >= 15 is 0 Å². The summed E-state index contributed by atoms with van der Waals surface area (Å²) in [4.78, 5) is 14.4. The highest BCUT2D eigenvalue weighted by molar-refractivity contribution is 6.69. The molecular weight excluding hydrogens is 545 g/mol. The van der Waals surface area contributed by atoms with E-state index in [9.17, 15) is 4.79 Å². The molecule has 0 unspecified atom stereocenters. The first-order chi connectivity index (χ1) is 20.8. The second-order valence-electron chi connectivity index (χ2n) is 11.9. The molecule has 0 saturated heterocycles. The molecule has 43 heavy (non-hydrogen) atoms. The quantitative estimate of drug-likeness (QED) is 0.128. The fraction of sp³-hybridized carbons (Fsp3) is 0.184. The Morgan fingerprint density at radius 2 is 0.860 bits per heavy atom. The highest BCUT2D eigenvalue weighted by Crippen LogP contribution is 2.41. The lowest BCUT2D eigenvalue weighted by Crippen LogP contribution is -2.59. The Morgan fingerprint density at radius 1 is 0.558 bits per heavy atom. The maximum atomic E-state index is 14.4. The number of carbonyl (C=O) groups excluding carboxylic acids is 1. The van der Waals surface area contributed by atoms with Crippen molar-refractivity contribution in [3.05, 3.63) is 179 Å². The molecule has 0 aromatic heterocycles. The van der Waals surface area contributed by atoms with Gasteiger partial charge >= 0.3 is 6.03 Å². The molecule has 2 amide bonds. The van der Waals surface area contributed by atoms with E-state index in [1.807, 2.05) is 97.9 Å². The lowest BCUT2D eigenvalue weighted by atomic mass is 9.77. The van der Waals surface area contributed by atoms with Gasteiger partial charge in [-0.15, -0.1) is 0 Å². The molecule has 4 nitrogen and oxygen atoms in total. The van der Waals surface area contributed by atoms with Gasteiger partial charge in [-0.1, -0.05) is 152 Å². The van der Waals surface area contributed by atoms with Crippen LogP contribution in [0.3, 0.4) is 0 Å². The average molecular weight is 585 g/mol. The van der Waals surface area contributed by atoms with E-state index in [0.717, 1.165) is 27.8 Å². The van der Waals surface area contributed by atoms with Crippen molar-refractivity contribution >= 4 is 14.3 Å². The van der Waals surface area contributed by atoms with Crippen molar-refractivity contribution in [2.24, 2.45) is 0 Å². The van der Waals surface area contributed by atoms with Gasteiger partial charge in [0.05, 0.1) is 6.04 Å². The van der Waals surface area contributed by atoms with Gasteiger partial charge in [0.25, 0.3) is 0 Å². The van der Waals surface area contributed by atoms with Gasteiger partial charge < -0.3 is 15.1 Å². The Kier molecular flexibility index (Phi) is 8.95. The second-order valence-corrected chi connectivity index (χ2v) is 16.3. The molecule has 0 bridgehead atoms. The third-order valence-electron chi connectivity index (χ3n) is 7.75. The molecule has 2 N–H and O–H groups in total. The van der Waals surface area contributed by atoms with Crippen LogP contribution in [-0.2, 0) is 15.6 Å². The molecule has 5 aromatic rings. The SMILES string of the molecule is C[C@H](NC(=O)NC(c1ccccc1)(c1ccccc1)c1ccccc1)C(O[Si](C)(C)C)(c1ccccc1)c1ccccc1. The highest BCUT2D eigenvalue weighted by atomic mass is 28.4. The zero-order valence-corrected chi connectivity index (χ0v) is 26.3. The number of rotatable bonds is 10. The first kappa shape index (κ1) is 30.0. The fourth-order valence-electron chi connectivity index (χ4n) is 6.01. The van der Waals surface area contributed by atoms with Crippen molar-refractivity contribution < 1.29 is 9.22 Å².